The summed E-state index contributed by atoms with van der Waals surface area (Å²) in [5, 5.41) is 0.944. The Balaban J connectivity index is 1.40. The first-order valence-electron chi connectivity index (χ1n) is 12.2. The lowest BCUT2D eigenvalue weighted by Crippen LogP contribution is -2.07. The Hall–Kier alpha value is -4.52. The number of para-hydroxylation sites is 2. The number of hydrogen-bond donors (Lipinski definition) is 0. The van der Waals surface area contributed by atoms with Crippen molar-refractivity contribution < 1.29 is 14.1 Å². The molecule has 0 radical (unpaired) electrons. The number of hydrogen-bond acceptors (Lipinski definition) is 5. The average Bonchev–Trinajstić information content (AvgIpc) is 3.32. The molecule has 0 amide bonds. The van der Waals surface area contributed by atoms with Crippen LogP contribution in [-0.4, -0.2) is 9.71 Å². The van der Waals surface area contributed by atoms with Crippen LogP contribution in [-0.2, 0) is 4.33 Å². The van der Waals surface area contributed by atoms with Gasteiger partial charge in [-0.05, 0) is 54.4 Å². The quantitative estimate of drug-likeness (QED) is 0.115. The Labute approximate surface area is 225 Å². The third kappa shape index (κ3) is 5.00. The molecule has 0 aliphatic heterocycles. The van der Waals surface area contributed by atoms with E-state index in [2.05, 4.69) is 25.1 Å². The van der Waals surface area contributed by atoms with Gasteiger partial charge in [0.1, 0.15) is 11.5 Å². The highest BCUT2D eigenvalue weighted by Crippen LogP contribution is 2.37. The molecule has 6 heteroatoms. The summed E-state index contributed by atoms with van der Waals surface area (Å²) < 4.78 is 13.3. The van der Waals surface area contributed by atoms with Crippen LogP contribution in [0.25, 0.3) is 33.3 Å². The first kappa shape index (κ1) is 23.9. The van der Waals surface area contributed by atoms with E-state index in [1.54, 1.807) is 4.73 Å². The van der Waals surface area contributed by atoms with Crippen LogP contribution >= 0.6 is 12.0 Å². The fraction of sp³-hybridized carbons (Fsp3) is 0.0312. The van der Waals surface area contributed by atoms with Gasteiger partial charge in [0, 0.05) is 33.2 Å². The molecule has 0 aliphatic rings. The highest BCUT2D eigenvalue weighted by atomic mass is 32.2. The van der Waals surface area contributed by atoms with E-state index in [9.17, 15) is 0 Å². The number of ether oxygens (including phenoxy) is 1. The highest BCUT2D eigenvalue weighted by Gasteiger charge is 2.17. The van der Waals surface area contributed by atoms with Crippen LogP contribution in [0.2, 0.25) is 0 Å². The minimum absolute atomic E-state index is 0.655. The maximum absolute atomic E-state index is 6.23. The molecule has 0 saturated carbocycles. The fourth-order valence-electron chi connectivity index (χ4n) is 4.35. The van der Waals surface area contributed by atoms with Crippen LogP contribution in [0.3, 0.4) is 0 Å². The van der Waals surface area contributed by atoms with Crippen molar-refractivity contribution in [2.24, 2.45) is 0 Å². The molecule has 5 nitrogen and oxygen atoms in total. The summed E-state index contributed by atoms with van der Waals surface area (Å²) in [6.07, 6.45) is 3.75. The van der Waals surface area contributed by atoms with E-state index >= 15 is 0 Å². The Morgan fingerprint density at radius 1 is 0.711 bits per heavy atom. The van der Waals surface area contributed by atoms with Gasteiger partial charge in [0.2, 0.25) is 0 Å². The van der Waals surface area contributed by atoms with Crippen molar-refractivity contribution in [1.82, 2.24) is 9.71 Å². The Kier molecular flexibility index (Phi) is 6.81. The second-order valence-corrected chi connectivity index (χ2v) is 9.50. The molecular formula is C32H24N2O3S. The lowest BCUT2D eigenvalue weighted by atomic mass is 9.99. The van der Waals surface area contributed by atoms with Gasteiger partial charge in [-0.25, -0.2) is 9.97 Å². The Morgan fingerprint density at radius 2 is 1.39 bits per heavy atom. The van der Waals surface area contributed by atoms with Crippen molar-refractivity contribution in [3.8, 4) is 33.8 Å². The first-order chi connectivity index (χ1) is 18.8. The molecule has 0 atom stereocenters. The van der Waals surface area contributed by atoms with E-state index in [1.807, 2.05) is 109 Å². The standard InChI is InChI=1S/C32H24N2O3S/c1-23-12-8-9-17-27(23)30-22-34(36-37-38-26-15-6-3-7-16-26)32-29(30)20-24(21-33-32)28-18-10-11-19-31(28)35-25-13-4-2-5-14-25/h2-22H,1H3. The van der Waals surface area contributed by atoms with Crippen LogP contribution in [0.4, 0.5) is 0 Å². The lowest BCUT2D eigenvalue weighted by Gasteiger charge is -2.12. The van der Waals surface area contributed by atoms with Gasteiger partial charge in [-0.2, -0.15) is 0 Å². The average molecular weight is 517 g/mol. The number of fused-ring (bicyclic) bond motifs is 1. The summed E-state index contributed by atoms with van der Waals surface area (Å²) in [6, 6.07) is 38.0. The van der Waals surface area contributed by atoms with Gasteiger partial charge in [-0.3, -0.25) is 0 Å². The molecular weight excluding hydrogens is 492 g/mol. The maximum Gasteiger partial charge on any atom is 0.179 e. The van der Waals surface area contributed by atoms with Crippen LogP contribution < -0.4 is 9.73 Å². The van der Waals surface area contributed by atoms with Crippen molar-refractivity contribution in [3.05, 3.63) is 133 Å². The molecule has 0 N–H and O–H groups in total. The van der Waals surface area contributed by atoms with Gasteiger partial charge in [0.25, 0.3) is 0 Å². The second-order valence-electron chi connectivity index (χ2n) is 8.73. The number of pyridine rings is 1. The lowest BCUT2D eigenvalue weighted by molar-refractivity contribution is -0.188. The minimum atomic E-state index is 0.655. The summed E-state index contributed by atoms with van der Waals surface area (Å²) in [5.74, 6) is 1.54. The fourth-order valence-corrected chi connectivity index (χ4v) is 4.79. The maximum atomic E-state index is 6.23. The van der Waals surface area contributed by atoms with E-state index in [0.29, 0.717) is 5.65 Å². The normalized spacial score (nSPS) is 11.0. The van der Waals surface area contributed by atoms with E-state index in [-0.39, 0.29) is 0 Å². The molecule has 6 aromatic rings. The van der Waals surface area contributed by atoms with Gasteiger partial charge < -0.3 is 4.74 Å². The van der Waals surface area contributed by atoms with Crippen molar-refractivity contribution in [3.63, 3.8) is 0 Å². The molecule has 6 rings (SSSR count). The summed E-state index contributed by atoms with van der Waals surface area (Å²) in [4.78, 5) is 11.4. The molecule has 2 heterocycles. The Bertz CT molecular complexity index is 1680. The number of aromatic nitrogens is 2. The van der Waals surface area contributed by atoms with E-state index < -0.39 is 0 Å². The van der Waals surface area contributed by atoms with Crippen LogP contribution in [0.1, 0.15) is 5.56 Å². The van der Waals surface area contributed by atoms with Gasteiger partial charge in [-0.15, -0.1) is 4.73 Å². The molecule has 0 fully saturated rings. The van der Waals surface area contributed by atoms with Crippen LogP contribution in [0.15, 0.2) is 133 Å². The van der Waals surface area contributed by atoms with E-state index in [0.717, 1.165) is 61.6 Å². The third-order valence-corrected chi connectivity index (χ3v) is 6.79. The summed E-state index contributed by atoms with van der Waals surface area (Å²) in [7, 11) is 0. The molecule has 4 aromatic carbocycles. The highest BCUT2D eigenvalue weighted by molar-refractivity contribution is 7.94. The number of nitrogens with zero attached hydrogens (tertiary/aromatic N) is 2. The molecule has 2 aromatic heterocycles. The van der Waals surface area contributed by atoms with Crippen LogP contribution in [0.5, 0.6) is 11.5 Å². The zero-order chi connectivity index (χ0) is 25.7. The Morgan fingerprint density at radius 3 is 2.18 bits per heavy atom. The third-order valence-electron chi connectivity index (χ3n) is 6.20. The first-order valence-corrected chi connectivity index (χ1v) is 13.0. The van der Waals surface area contributed by atoms with Crippen molar-refractivity contribution in [1.29, 1.82) is 0 Å². The summed E-state index contributed by atoms with van der Waals surface area (Å²) >= 11 is 1.15. The minimum Gasteiger partial charge on any atom is -0.457 e. The number of benzene rings is 4. The van der Waals surface area contributed by atoms with Gasteiger partial charge in [0.15, 0.2) is 5.65 Å². The molecule has 0 aliphatic carbocycles. The topological polar surface area (TPSA) is 45.5 Å². The molecule has 0 unspecified atom stereocenters. The van der Waals surface area contributed by atoms with Gasteiger partial charge in [0.05, 0.1) is 18.2 Å². The number of rotatable bonds is 8. The predicted octanol–water partition coefficient (Wildman–Crippen LogP) is 8.54. The van der Waals surface area contributed by atoms with Crippen molar-refractivity contribution in [2.45, 2.75) is 11.8 Å². The number of aryl methyl sites for hydroxylation is 1. The smallest absolute Gasteiger partial charge is 0.179 e. The summed E-state index contributed by atoms with van der Waals surface area (Å²) in [6.45, 7) is 2.10. The van der Waals surface area contributed by atoms with Crippen LogP contribution in [0, 0.1) is 6.92 Å². The van der Waals surface area contributed by atoms with Gasteiger partial charge >= 0.3 is 0 Å². The van der Waals surface area contributed by atoms with E-state index in [4.69, 9.17) is 19.0 Å². The summed E-state index contributed by atoms with van der Waals surface area (Å²) in [5.41, 5.74) is 5.80. The second kappa shape index (κ2) is 10.8. The van der Waals surface area contributed by atoms with Crippen molar-refractivity contribution in [2.75, 3.05) is 0 Å². The largest absolute Gasteiger partial charge is 0.457 e. The van der Waals surface area contributed by atoms with Crippen molar-refractivity contribution >= 4 is 23.1 Å². The van der Waals surface area contributed by atoms with Gasteiger partial charge in [-0.1, -0.05) is 83.2 Å². The molecule has 186 valence electrons. The predicted molar refractivity (Wildman–Crippen MR) is 152 cm³/mol. The molecule has 0 saturated heterocycles. The zero-order valence-electron chi connectivity index (χ0n) is 20.7. The SMILES string of the molecule is Cc1ccccc1-c1cn(OOSc2ccccc2)c2ncc(-c3ccccc3Oc3ccccc3)cc12. The van der Waals surface area contributed by atoms with E-state index in [1.165, 1.54) is 0 Å². The molecule has 38 heavy (non-hydrogen) atoms. The molecule has 0 bridgehead atoms. The monoisotopic (exact) mass is 516 g/mol. The molecule has 0 spiro atoms. The zero-order valence-corrected chi connectivity index (χ0v) is 21.5.